The van der Waals surface area contributed by atoms with Gasteiger partial charge in [0.25, 0.3) is 0 Å². The summed E-state index contributed by atoms with van der Waals surface area (Å²) in [6.07, 6.45) is 1.93. The van der Waals surface area contributed by atoms with Gasteiger partial charge < -0.3 is 4.90 Å². The van der Waals surface area contributed by atoms with Gasteiger partial charge >= 0.3 is 0 Å². The molecule has 0 spiro atoms. The Hall–Kier alpha value is -5.46. The molecule has 0 unspecified atom stereocenters. The normalized spacial score (nSPS) is 13.7. The molecule has 9 rings (SSSR count). The van der Waals surface area contributed by atoms with Crippen LogP contribution >= 0.6 is 34.4 Å². The van der Waals surface area contributed by atoms with E-state index in [2.05, 4.69) is 122 Å². The predicted molar refractivity (Wildman–Crippen MR) is 206 cm³/mol. The Kier molecular flexibility index (Phi) is 7.02. The van der Waals surface area contributed by atoms with Crippen molar-refractivity contribution in [3.05, 3.63) is 142 Å². The number of allylic oxidation sites excluding steroid dienone is 1. The summed E-state index contributed by atoms with van der Waals surface area (Å²) < 4.78 is 10.7. The molecule has 8 heteroatoms. The van der Waals surface area contributed by atoms with Gasteiger partial charge in [-0.05, 0) is 77.4 Å². The second kappa shape index (κ2) is 11.6. The maximum atomic E-state index is 10.0. The SMILES string of the molecule is CC1(C)c2ccccc2N(c2ccccc2)c2ccc(-c3ccc(-c4ccc(C=C(C#N)c5nc6ccccc6s5)s4)c4nsnc34)cc21. The first-order chi connectivity index (χ1) is 24.0. The highest BCUT2D eigenvalue weighted by molar-refractivity contribution is 7.19. The third-order valence-corrected chi connectivity index (χ3v) is 12.0. The molecule has 0 saturated heterocycles. The number of anilines is 3. The van der Waals surface area contributed by atoms with Gasteiger partial charge in [-0.25, -0.2) is 4.98 Å². The number of nitriles is 1. The summed E-state index contributed by atoms with van der Waals surface area (Å²) >= 11 is 4.43. The van der Waals surface area contributed by atoms with Crippen LogP contribution in [0.5, 0.6) is 0 Å². The van der Waals surface area contributed by atoms with Crippen molar-refractivity contribution < 1.29 is 0 Å². The summed E-state index contributed by atoms with van der Waals surface area (Å²) in [6, 6.07) is 45.0. The van der Waals surface area contributed by atoms with Crippen molar-refractivity contribution in [1.29, 1.82) is 5.26 Å². The maximum Gasteiger partial charge on any atom is 0.135 e. The molecule has 1 aliphatic rings. The zero-order valence-corrected chi connectivity index (χ0v) is 29.0. The lowest BCUT2D eigenvalue weighted by atomic mass is 9.73. The molecule has 0 fully saturated rings. The summed E-state index contributed by atoms with van der Waals surface area (Å²) in [4.78, 5) is 9.15. The predicted octanol–water partition coefficient (Wildman–Crippen LogP) is 11.9. The number of thiophene rings is 1. The Morgan fingerprint density at radius 3 is 2.31 bits per heavy atom. The van der Waals surface area contributed by atoms with E-state index >= 15 is 0 Å². The fourth-order valence-electron chi connectivity index (χ4n) is 6.87. The van der Waals surface area contributed by atoms with Gasteiger partial charge in [-0.1, -0.05) is 80.6 Å². The Labute approximate surface area is 296 Å². The molecule has 5 nitrogen and oxygen atoms in total. The molecule has 8 aromatic rings. The molecule has 0 N–H and O–H groups in total. The number of hydrogen-bond acceptors (Lipinski definition) is 8. The number of hydrogen-bond donors (Lipinski definition) is 0. The van der Waals surface area contributed by atoms with Crippen molar-refractivity contribution in [2.24, 2.45) is 0 Å². The molecule has 5 aromatic carbocycles. The number of nitrogens with zero attached hydrogens (tertiary/aromatic N) is 5. The van der Waals surface area contributed by atoms with Crippen LogP contribution in [-0.2, 0) is 5.41 Å². The van der Waals surface area contributed by atoms with Gasteiger partial charge in [-0.15, -0.1) is 22.7 Å². The van der Waals surface area contributed by atoms with E-state index in [4.69, 9.17) is 13.7 Å². The molecule has 0 bridgehead atoms. The molecule has 0 amide bonds. The number of thiazole rings is 1. The third kappa shape index (κ3) is 4.89. The molecule has 234 valence electrons. The van der Waals surface area contributed by atoms with Crippen LogP contribution in [-0.4, -0.2) is 13.7 Å². The molecule has 1 aliphatic heterocycles. The first-order valence-corrected chi connectivity index (χ1v) is 18.3. The van der Waals surface area contributed by atoms with Crippen LogP contribution in [0.25, 0.3) is 54.5 Å². The van der Waals surface area contributed by atoms with Crippen molar-refractivity contribution in [2.45, 2.75) is 19.3 Å². The Morgan fingerprint density at radius 1 is 0.735 bits per heavy atom. The van der Waals surface area contributed by atoms with E-state index in [9.17, 15) is 5.26 Å². The molecule has 49 heavy (non-hydrogen) atoms. The first-order valence-electron chi connectivity index (χ1n) is 15.9. The lowest BCUT2D eigenvalue weighted by Gasteiger charge is -2.42. The fourth-order valence-corrected chi connectivity index (χ4v) is 9.35. The quantitative estimate of drug-likeness (QED) is 0.169. The van der Waals surface area contributed by atoms with Crippen LogP contribution in [0.1, 0.15) is 34.9 Å². The van der Waals surface area contributed by atoms with Crippen LogP contribution in [0, 0.1) is 11.3 Å². The Balaban J connectivity index is 1.10. The van der Waals surface area contributed by atoms with Crippen molar-refractivity contribution in [3.63, 3.8) is 0 Å². The van der Waals surface area contributed by atoms with Crippen LogP contribution in [0.2, 0.25) is 0 Å². The highest BCUT2D eigenvalue weighted by Crippen LogP contribution is 2.52. The number of fused-ring (bicyclic) bond motifs is 4. The van der Waals surface area contributed by atoms with E-state index < -0.39 is 0 Å². The van der Waals surface area contributed by atoms with E-state index in [1.807, 2.05) is 30.3 Å². The van der Waals surface area contributed by atoms with E-state index in [-0.39, 0.29) is 5.41 Å². The Morgan fingerprint density at radius 2 is 1.47 bits per heavy atom. The molecular weight excluding hydrogens is 659 g/mol. The maximum absolute atomic E-state index is 10.0. The second-order valence-electron chi connectivity index (χ2n) is 12.5. The van der Waals surface area contributed by atoms with Gasteiger partial charge in [-0.2, -0.15) is 14.0 Å². The molecule has 0 atom stereocenters. The molecule has 3 aromatic heterocycles. The highest BCUT2D eigenvalue weighted by atomic mass is 32.1. The van der Waals surface area contributed by atoms with Crippen LogP contribution < -0.4 is 4.90 Å². The van der Waals surface area contributed by atoms with E-state index in [0.717, 1.165) is 58.4 Å². The molecule has 0 radical (unpaired) electrons. The first kappa shape index (κ1) is 29.7. The van der Waals surface area contributed by atoms with E-state index in [0.29, 0.717) is 5.57 Å². The molecular formula is C41H27N5S3. The zero-order chi connectivity index (χ0) is 33.1. The number of rotatable bonds is 5. The van der Waals surface area contributed by atoms with Crippen molar-refractivity contribution >= 4 is 84.4 Å². The van der Waals surface area contributed by atoms with Crippen LogP contribution in [0.4, 0.5) is 17.1 Å². The van der Waals surface area contributed by atoms with Crippen LogP contribution in [0.3, 0.4) is 0 Å². The number of aromatic nitrogens is 3. The average molecular weight is 686 g/mol. The largest absolute Gasteiger partial charge is 0.310 e. The number of benzene rings is 5. The Bertz CT molecular complexity index is 2590. The lowest BCUT2D eigenvalue weighted by molar-refractivity contribution is 0.632. The topological polar surface area (TPSA) is 65.7 Å². The van der Waals surface area contributed by atoms with E-state index in [1.165, 1.54) is 34.2 Å². The monoisotopic (exact) mass is 685 g/mol. The smallest absolute Gasteiger partial charge is 0.135 e. The fraction of sp³-hybridized carbons (Fsp3) is 0.0732. The highest BCUT2D eigenvalue weighted by Gasteiger charge is 2.37. The zero-order valence-electron chi connectivity index (χ0n) is 26.6. The average Bonchev–Trinajstić information content (AvgIpc) is 3.91. The minimum Gasteiger partial charge on any atom is -0.310 e. The minimum atomic E-state index is -0.207. The van der Waals surface area contributed by atoms with Gasteiger partial charge in [0.05, 0.1) is 38.9 Å². The minimum absolute atomic E-state index is 0.207. The number of para-hydroxylation sites is 3. The summed E-state index contributed by atoms with van der Waals surface area (Å²) in [5.41, 5.74) is 12.4. The third-order valence-electron chi connectivity index (χ3n) is 9.29. The van der Waals surface area contributed by atoms with Crippen molar-refractivity contribution in [2.75, 3.05) is 4.90 Å². The second-order valence-corrected chi connectivity index (χ2v) is 15.2. The van der Waals surface area contributed by atoms with Gasteiger partial charge in [0.1, 0.15) is 22.1 Å². The summed E-state index contributed by atoms with van der Waals surface area (Å²) in [5, 5.41) is 10.7. The summed E-state index contributed by atoms with van der Waals surface area (Å²) in [6.45, 7) is 4.63. The molecule has 0 aliphatic carbocycles. The summed E-state index contributed by atoms with van der Waals surface area (Å²) in [5.74, 6) is 0. The standard InChI is InChI=1S/C41H27N5S3/c1-41(2)31-12-6-8-14-34(31)46(27-10-4-3-5-11-27)35-20-16-25(23-32(35)41)29-18-19-30(39-38(29)44-49-45-39)36-21-17-28(47-36)22-26(24-42)40-43-33-13-7-9-15-37(33)48-40/h3-23H,1-2H3. The van der Waals surface area contributed by atoms with Gasteiger partial charge in [0.2, 0.25) is 0 Å². The van der Waals surface area contributed by atoms with Crippen LogP contribution in [0.15, 0.2) is 121 Å². The summed E-state index contributed by atoms with van der Waals surface area (Å²) in [7, 11) is 0. The van der Waals surface area contributed by atoms with Crippen molar-refractivity contribution in [1.82, 2.24) is 13.7 Å². The lowest BCUT2D eigenvalue weighted by Crippen LogP contribution is -2.30. The molecule has 0 saturated carbocycles. The van der Waals surface area contributed by atoms with Crippen molar-refractivity contribution in [3.8, 4) is 27.6 Å². The molecule has 4 heterocycles. The van der Waals surface area contributed by atoms with Gasteiger partial charge in [0.15, 0.2) is 0 Å². The van der Waals surface area contributed by atoms with E-state index in [1.54, 1.807) is 22.7 Å². The van der Waals surface area contributed by atoms with Gasteiger partial charge in [0, 0.05) is 32.0 Å². The van der Waals surface area contributed by atoms with Gasteiger partial charge in [-0.3, -0.25) is 0 Å².